The van der Waals surface area contributed by atoms with Crippen LogP contribution < -0.4 is 21.9 Å². The van der Waals surface area contributed by atoms with Gasteiger partial charge in [0.25, 0.3) is 11.5 Å². The number of anilines is 2. The molecule has 0 saturated carbocycles. The van der Waals surface area contributed by atoms with Crippen LogP contribution in [0.15, 0.2) is 27.9 Å². The van der Waals surface area contributed by atoms with E-state index < -0.39 is 23.1 Å². The summed E-state index contributed by atoms with van der Waals surface area (Å²) < 4.78 is 5.88. The zero-order valence-corrected chi connectivity index (χ0v) is 17.6. The van der Waals surface area contributed by atoms with Gasteiger partial charge in [-0.25, -0.2) is 9.59 Å². The number of esters is 1. The Labute approximate surface area is 173 Å². The number of hydrogen-bond acceptors (Lipinski definition) is 7. The number of ether oxygens (including phenoxy) is 1. The first-order valence-corrected chi connectivity index (χ1v) is 9.70. The number of unbranched alkanes of at least 4 members (excludes halogenated alkanes) is 1. The third-order valence-corrected chi connectivity index (χ3v) is 4.42. The molecule has 0 saturated heterocycles. The van der Waals surface area contributed by atoms with E-state index in [0.29, 0.717) is 6.42 Å². The van der Waals surface area contributed by atoms with Gasteiger partial charge in [0.1, 0.15) is 11.5 Å². The lowest BCUT2D eigenvalue weighted by molar-refractivity contribution is 0.0599. The van der Waals surface area contributed by atoms with Gasteiger partial charge in [0, 0.05) is 19.3 Å². The number of carbonyl (C=O) groups excluding carboxylic acids is 2. The van der Waals surface area contributed by atoms with E-state index in [9.17, 15) is 19.2 Å². The lowest BCUT2D eigenvalue weighted by Gasteiger charge is -2.24. The molecular weight excluding hydrogens is 390 g/mol. The zero-order chi connectivity index (χ0) is 22.4. The highest BCUT2D eigenvalue weighted by Gasteiger charge is 2.26. The molecule has 0 spiro atoms. The summed E-state index contributed by atoms with van der Waals surface area (Å²) in [7, 11) is 1.25. The highest BCUT2D eigenvalue weighted by molar-refractivity contribution is 6.06. The Hall–Kier alpha value is -3.43. The largest absolute Gasteiger partial charge is 0.465 e. The molecule has 162 valence electrons. The first kappa shape index (κ1) is 22.9. The molecule has 2 heterocycles. The zero-order valence-electron chi connectivity index (χ0n) is 17.6. The number of aromatic amines is 1. The number of aromatic nitrogens is 3. The third kappa shape index (κ3) is 4.94. The van der Waals surface area contributed by atoms with Crippen molar-refractivity contribution in [3.05, 3.63) is 50.4 Å². The van der Waals surface area contributed by atoms with Crippen molar-refractivity contribution in [2.24, 2.45) is 5.92 Å². The van der Waals surface area contributed by atoms with Crippen LogP contribution in [0.3, 0.4) is 0 Å². The van der Waals surface area contributed by atoms with E-state index in [4.69, 9.17) is 5.73 Å². The number of hydrogen-bond donors (Lipinski definition) is 2. The minimum Gasteiger partial charge on any atom is -0.465 e. The van der Waals surface area contributed by atoms with Crippen LogP contribution in [-0.2, 0) is 11.3 Å². The van der Waals surface area contributed by atoms with E-state index in [1.54, 1.807) is 0 Å². The maximum absolute atomic E-state index is 13.2. The molecular formula is C20H27N5O5. The van der Waals surface area contributed by atoms with Crippen molar-refractivity contribution < 1.29 is 14.3 Å². The van der Waals surface area contributed by atoms with Crippen LogP contribution >= 0.6 is 0 Å². The topological polar surface area (TPSA) is 140 Å². The number of nitrogens with zero attached hydrogens (tertiary/aromatic N) is 3. The summed E-state index contributed by atoms with van der Waals surface area (Å²) in [5, 5.41) is 0. The van der Waals surface area contributed by atoms with Gasteiger partial charge >= 0.3 is 11.7 Å². The number of methoxy groups -OCH3 is 1. The molecule has 0 bridgehead atoms. The minimum absolute atomic E-state index is 0.0270. The predicted molar refractivity (Wildman–Crippen MR) is 113 cm³/mol. The van der Waals surface area contributed by atoms with E-state index in [2.05, 4.69) is 14.7 Å². The smallest absolute Gasteiger partial charge is 0.339 e. The Morgan fingerprint density at radius 3 is 2.53 bits per heavy atom. The molecule has 3 N–H and O–H groups in total. The lowest BCUT2D eigenvalue weighted by Crippen LogP contribution is -2.42. The first-order valence-electron chi connectivity index (χ1n) is 9.70. The molecule has 0 atom stereocenters. The molecule has 2 rings (SSSR count). The standard InChI is InChI=1S/C20H27N5O5/c1-5-6-9-24(18(27)14-8-7-13(10-22-14)19(28)30-4)15-16(21)25(11-12(2)3)20(29)23-17(15)26/h7-8,10,12H,5-6,9,11,21H2,1-4H3,(H,23,26,29). The molecule has 2 aromatic heterocycles. The molecule has 0 aliphatic carbocycles. The molecule has 0 unspecified atom stereocenters. The number of carbonyl (C=O) groups is 2. The quantitative estimate of drug-likeness (QED) is 0.619. The maximum atomic E-state index is 13.2. The van der Waals surface area contributed by atoms with Crippen molar-refractivity contribution in [2.45, 2.75) is 40.2 Å². The number of H-pyrrole nitrogens is 1. The highest BCUT2D eigenvalue weighted by Crippen LogP contribution is 2.20. The number of nitrogen functional groups attached to an aromatic ring is 1. The van der Waals surface area contributed by atoms with Crippen LogP contribution in [-0.4, -0.2) is 40.1 Å². The number of nitrogens with one attached hydrogen (secondary N) is 1. The molecule has 0 aromatic carbocycles. The predicted octanol–water partition coefficient (Wildman–Crippen LogP) is 1.40. The number of amides is 1. The summed E-state index contributed by atoms with van der Waals surface area (Å²) in [6.45, 7) is 6.26. The van der Waals surface area contributed by atoms with Gasteiger partial charge in [0.15, 0.2) is 5.69 Å². The van der Waals surface area contributed by atoms with Crippen molar-refractivity contribution in [1.29, 1.82) is 0 Å². The van der Waals surface area contributed by atoms with Crippen LogP contribution in [0.1, 0.15) is 54.5 Å². The van der Waals surface area contributed by atoms with Gasteiger partial charge in [-0.15, -0.1) is 0 Å². The second-order valence-electron chi connectivity index (χ2n) is 7.23. The minimum atomic E-state index is -0.742. The normalized spacial score (nSPS) is 10.8. The molecule has 2 aromatic rings. The van der Waals surface area contributed by atoms with E-state index in [-0.39, 0.29) is 41.8 Å². The molecule has 30 heavy (non-hydrogen) atoms. The van der Waals surface area contributed by atoms with Crippen molar-refractivity contribution in [2.75, 3.05) is 24.3 Å². The van der Waals surface area contributed by atoms with Crippen molar-refractivity contribution in [1.82, 2.24) is 14.5 Å². The van der Waals surface area contributed by atoms with Crippen LogP contribution in [0.4, 0.5) is 11.5 Å². The molecule has 0 aliphatic heterocycles. The monoisotopic (exact) mass is 417 g/mol. The first-order chi connectivity index (χ1) is 14.2. The van der Waals surface area contributed by atoms with Gasteiger partial charge in [-0.3, -0.25) is 29.0 Å². The van der Waals surface area contributed by atoms with Gasteiger partial charge in [-0.05, 0) is 24.5 Å². The fraction of sp³-hybridized carbons (Fsp3) is 0.450. The van der Waals surface area contributed by atoms with Crippen LogP contribution in [0.2, 0.25) is 0 Å². The van der Waals surface area contributed by atoms with Gasteiger partial charge in [-0.2, -0.15) is 0 Å². The molecule has 10 heteroatoms. The average molecular weight is 417 g/mol. The van der Waals surface area contributed by atoms with E-state index >= 15 is 0 Å². The summed E-state index contributed by atoms with van der Waals surface area (Å²) >= 11 is 0. The molecule has 0 radical (unpaired) electrons. The second-order valence-corrected chi connectivity index (χ2v) is 7.23. The Morgan fingerprint density at radius 1 is 1.30 bits per heavy atom. The Bertz CT molecular complexity index is 1020. The number of rotatable bonds is 8. The third-order valence-electron chi connectivity index (χ3n) is 4.42. The van der Waals surface area contributed by atoms with Gasteiger partial charge in [0.2, 0.25) is 0 Å². The van der Waals surface area contributed by atoms with Gasteiger partial charge in [-0.1, -0.05) is 27.2 Å². The SMILES string of the molecule is CCCCN(C(=O)c1ccc(C(=O)OC)cn1)c1c(N)n(CC(C)C)c(=O)[nH]c1=O. The van der Waals surface area contributed by atoms with E-state index in [1.807, 2.05) is 20.8 Å². The molecule has 0 aliphatic rings. The fourth-order valence-corrected chi connectivity index (χ4v) is 2.91. The maximum Gasteiger partial charge on any atom is 0.339 e. The summed E-state index contributed by atoms with van der Waals surface area (Å²) in [5.41, 5.74) is 4.93. The lowest BCUT2D eigenvalue weighted by atomic mass is 10.2. The molecule has 1 amide bonds. The summed E-state index contributed by atoms with van der Waals surface area (Å²) in [5.74, 6) is -1.12. The van der Waals surface area contributed by atoms with Crippen molar-refractivity contribution in [3.8, 4) is 0 Å². The van der Waals surface area contributed by atoms with Gasteiger partial charge < -0.3 is 10.5 Å². The summed E-state index contributed by atoms with van der Waals surface area (Å²) in [4.78, 5) is 57.1. The Balaban J connectivity index is 2.55. The Kier molecular flexibility index (Phi) is 7.51. The van der Waals surface area contributed by atoms with E-state index in [0.717, 1.165) is 6.42 Å². The fourth-order valence-electron chi connectivity index (χ4n) is 2.91. The van der Waals surface area contributed by atoms with Gasteiger partial charge in [0.05, 0.1) is 12.7 Å². The van der Waals surface area contributed by atoms with Crippen LogP contribution in [0.25, 0.3) is 0 Å². The average Bonchev–Trinajstić information content (AvgIpc) is 2.72. The molecule has 10 nitrogen and oxygen atoms in total. The molecule has 0 fully saturated rings. The Morgan fingerprint density at radius 2 is 2.00 bits per heavy atom. The van der Waals surface area contributed by atoms with Crippen LogP contribution in [0.5, 0.6) is 0 Å². The number of pyridine rings is 1. The van der Waals surface area contributed by atoms with E-state index in [1.165, 1.54) is 34.9 Å². The van der Waals surface area contributed by atoms with Crippen LogP contribution in [0, 0.1) is 5.92 Å². The van der Waals surface area contributed by atoms with Crippen molar-refractivity contribution in [3.63, 3.8) is 0 Å². The summed E-state index contributed by atoms with van der Waals surface area (Å²) in [6, 6.07) is 2.79. The highest BCUT2D eigenvalue weighted by atomic mass is 16.5. The van der Waals surface area contributed by atoms with Crippen molar-refractivity contribution >= 4 is 23.4 Å². The second kappa shape index (κ2) is 9.86. The number of nitrogens with two attached hydrogens (primary N) is 1. The summed E-state index contributed by atoms with van der Waals surface area (Å²) in [6.07, 6.45) is 2.60.